The SMILES string of the molecule is CSc1ccc(C(N)c2sc(C)cc2C)cc1. The lowest BCUT2D eigenvalue weighted by Crippen LogP contribution is -2.11. The first-order chi connectivity index (χ1) is 8.11. The Morgan fingerprint density at radius 2 is 1.82 bits per heavy atom. The highest BCUT2D eigenvalue weighted by Crippen LogP contribution is 2.30. The van der Waals surface area contributed by atoms with Gasteiger partial charge >= 0.3 is 0 Å². The Morgan fingerprint density at radius 3 is 2.29 bits per heavy atom. The molecule has 0 saturated heterocycles. The van der Waals surface area contributed by atoms with E-state index in [1.165, 1.54) is 25.8 Å². The van der Waals surface area contributed by atoms with Gasteiger partial charge in [-0.3, -0.25) is 0 Å². The molecule has 0 bridgehead atoms. The molecule has 0 aliphatic carbocycles. The van der Waals surface area contributed by atoms with Crippen LogP contribution in [0, 0.1) is 13.8 Å². The molecule has 1 atom stereocenters. The lowest BCUT2D eigenvalue weighted by molar-refractivity contribution is 0.883. The molecule has 2 aromatic rings. The molecule has 0 saturated carbocycles. The van der Waals surface area contributed by atoms with Gasteiger partial charge in [0.05, 0.1) is 6.04 Å². The topological polar surface area (TPSA) is 26.0 Å². The fourth-order valence-electron chi connectivity index (χ4n) is 1.93. The average molecular weight is 263 g/mol. The Balaban J connectivity index is 2.30. The van der Waals surface area contributed by atoms with Crippen molar-refractivity contribution in [3.63, 3.8) is 0 Å². The van der Waals surface area contributed by atoms with Crippen LogP contribution in [0.2, 0.25) is 0 Å². The molecule has 0 amide bonds. The molecule has 1 unspecified atom stereocenters. The fraction of sp³-hybridized carbons (Fsp3) is 0.286. The average Bonchev–Trinajstić information content (AvgIpc) is 2.68. The summed E-state index contributed by atoms with van der Waals surface area (Å²) in [5, 5.41) is 0. The van der Waals surface area contributed by atoms with Crippen LogP contribution in [0.25, 0.3) is 0 Å². The van der Waals surface area contributed by atoms with E-state index < -0.39 is 0 Å². The molecule has 3 heteroatoms. The van der Waals surface area contributed by atoms with Crippen LogP contribution in [0.4, 0.5) is 0 Å². The smallest absolute Gasteiger partial charge is 0.0648 e. The van der Waals surface area contributed by atoms with Gasteiger partial charge in [-0.15, -0.1) is 23.1 Å². The van der Waals surface area contributed by atoms with E-state index in [0.29, 0.717) is 0 Å². The Labute approximate surface area is 111 Å². The van der Waals surface area contributed by atoms with Crippen LogP contribution in [0.3, 0.4) is 0 Å². The molecule has 17 heavy (non-hydrogen) atoms. The van der Waals surface area contributed by atoms with Gasteiger partial charge in [-0.1, -0.05) is 12.1 Å². The predicted octanol–water partition coefficient (Wildman–Crippen LogP) is 4.13. The largest absolute Gasteiger partial charge is 0.320 e. The molecule has 0 aliphatic rings. The normalized spacial score (nSPS) is 12.7. The quantitative estimate of drug-likeness (QED) is 0.842. The number of hydrogen-bond acceptors (Lipinski definition) is 3. The zero-order chi connectivity index (χ0) is 12.4. The molecular weight excluding hydrogens is 246 g/mol. The molecule has 0 fully saturated rings. The van der Waals surface area contributed by atoms with Crippen molar-refractivity contribution in [2.45, 2.75) is 24.8 Å². The molecule has 90 valence electrons. The molecule has 1 aromatic carbocycles. The first-order valence-corrected chi connectivity index (χ1v) is 7.62. The number of hydrogen-bond donors (Lipinski definition) is 1. The summed E-state index contributed by atoms with van der Waals surface area (Å²) >= 11 is 3.55. The molecule has 1 nitrogen and oxygen atoms in total. The third kappa shape index (κ3) is 2.73. The number of benzene rings is 1. The summed E-state index contributed by atoms with van der Waals surface area (Å²) in [6, 6.07) is 10.7. The first-order valence-electron chi connectivity index (χ1n) is 5.58. The van der Waals surface area contributed by atoms with Crippen molar-refractivity contribution in [2.75, 3.05) is 6.26 Å². The first kappa shape index (κ1) is 12.7. The highest BCUT2D eigenvalue weighted by Gasteiger charge is 2.13. The van der Waals surface area contributed by atoms with Crippen molar-refractivity contribution in [2.24, 2.45) is 5.73 Å². The second kappa shape index (κ2) is 5.25. The highest BCUT2D eigenvalue weighted by molar-refractivity contribution is 7.98. The molecule has 1 aromatic heterocycles. The van der Waals surface area contributed by atoms with Crippen LogP contribution >= 0.6 is 23.1 Å². The molecule has 0 aliphatic heterocycles. The molecule has 2 rings (SSSR count). The Morgan fingerprint density at radius 1 is 1.18 bits per heavy atom. The summed E-state index contributed by atoms with van der Waals surface area (Å²) in [4.78, 5) is 3.88. The van der Waals surface area contributed by atoms with Gasteiger partial charge in [0.2, 0.25) is 0 Å². The van der Waals surface area contributed by atoms with Crippen molar-refractivity contribution in [3.8, 4) is 0 Å². The van der Waals surface area contributed by atoms with E-state index in [4.69, 9.17) is 5.73 Å². The third-order valence-corrected chi connectivity index (χ3v) is 4.82. The van der Waals surface area contributed by atoms with Crippen molar-refractivity contribution in [3.05, 3.63) is 51.2 Å². The second-order valence-corrected chi connectivity index (χ2v) is 6.32. The molecule has 1 heterocycles. The summed E-state index contributed by atoms with van der Waals surface area (Å²) in [5.41, 5.74) is 8.81. The number of thiophene rings is 1. The lowest BCUT2D eigenvalue weighted by atomic mass is 10.0. The van der Waals surface area contributed by atoms with Crippen LogP contribution in [0.15, 0.2) is 35.2 Å². The fourth-order valence-corrected chi connectivity index (χ4v) is 3.40. The Bertz CT molecular complexity index is 499. The van der Waals surface area contributed by atoms with Gasteiger partial charge in [-0.05, 0) is 49.4 Å². The van der Waals surface area contributed by atoms with Crippen molar-refractivity contribution in [1.29, 1.82) is 0 Å². The maximum absolute atomic E-state index is 6.33. The summed E-state index contributed by atoms with van der Waals surface area (Å²) in [6.45, 7) is 4.26. The summed E-state index contributed by atoms with van der Waals surface area (Å²) in [6.07, 6.45) is 2.09. The summed E-state index contributed by atoms with van der Waals surface area (Å²) in [7, 11) is 0. The van der Waals surface area contributed by atoms with Gasteiger partial charge in [0, 0.05) is 14.6 Å². The third-order valence-electron chi connectivity index (χ3n) is 2.84. The standard InChI is InChI=1S/C14H17NS2/c1-9-8-10(2)17-14(9)13(15)11-4-6-12(16-3)7-5-11/h4-8,13H,15H2,1-3H3. The van der Waals surface area contributed by atoms with Gasteiger partial charge in [-0.25, -0.2) is 0 Å². The van der Waals surface area contributed by atoms with E-state index in [9.17, 15) is 0 Å². The zero-order valence-electron chi connectivity index (χ0n) is 10.4. The van der Waals surface area contributed by atoms with E-state index in [1.54, 1.807) is 23.1 Å². The second-order valence-electron chi connectivity index (χ2n) is 4.16. The monoisotopic (exact) mass is 263 g/mol. The minimum absolute atomic E-state index is 0.00426. The van der Waals surface area contributed by atoms with Gasteiger partial charge in [0.1, 0.15) is 0 Å². The van der Waals surface area contributed by atoms with E-state index >= 15 is 0 Å². The van der Waals surface area contributed by atoms with Crippen molar-refractivity contribution in [1.82, 2.24) is 0 Å². The summed E-state index contributed by atoms with van der Waals surface area (Å²) in [5.74, 6) is 0. The minimum Gasteiger partial charge on any atom is -0.320 e. The van der Waals surface area contributed by atoms with Crippen molar-refractivity contribution < 1.29 is 0 Å². The molecule has 0 radical (unpaired) electrons. The maximum Gasteiger partial charge on any atom is 0.0648 e. The molecule has 2 N–H and O–H groups in total. The number of aryl methyl sites for hydroxylation is 2. The van der Waals surface area contributed by atoms with Gasteiger partial charge < -0.3 is 5.73 Å². The van der Waals surface area contributed by atoms with E-state index in [0.717, 1.165) is 0 Å². The van der Waals surface area contributed by atoms with E-state index in [-0.39, 0.29) is 6.04 Å². The molecular formula is C14H17NS2. The van der Waals surface area contributed by atoms with Crippen LogP contribution in [-0.2, 0) is 0 Å². The van der Waals surface area contributed by atoms with Crippen LogP contribution in [-0.4, -0.2) is 6.26 Å². The molecule has 0 spiro atoms. The summed E-state index contributed by atoms with van der Waals surface area (Å²) < 4.78 is 0. The van der Waals surface area contributed by atoms with E-state index in [2.05, 4.69) is 50.4 Å². The van der Waals surface area contributed by atoms with Crippen LogP contribution in [0.1, 0.15) is 26.9 Å². The van der Waals surface area contributed by atoms with Crippen LogP contribution in [0.5, 0.6) is 0 Å². The van der Waals surface area contributed by atoms with Crippen LogP contribution < -0.4 is 5.73 Å². The predicted molar refractivity (Wildman–Crippen MR) is 78.0 cm³/mol. The number of nitrogens with two attached hydrogens (primary N) is 1. The van der Waals surface area contributed by atoms with Gasteiger partial charge in [0.15, 0.2) is 0 Å². The van der Waals surface area contributed by atoms with E-state index in [1.807, 2.05) is 0 Å². The Hall–Kier alpha value is -0.770. The van der Waals surface area contributed by atoms with Crippen molar-refractivity contribution >= 4 is 23.1 Å². The Kier molecular flexibility index (Phi) is 3.92. The lowest BCUT2D eigenvalue weighted by Gasteiger charge is -2.12. The highest BCUT2D eigenvalue weighted by atomic mass is 32.2. The number of rotatable bonds is 3. The number of thioether (sulfide) groups is 1. The maximum atomic E-state index is 6.33. The van der Waals surface area contributed by atoms with Gasteiger partial charge in [0.25, 0.3) is 0 Å². The minimum atomic E-state index is 0.00426. The van der Waals surface area contributed by atoms with Gasteiger partial charge in [-0.2, -0.15) is 0 Å². The zero-order valence-corrected chi connectivity index (χ0v) is 12.0.